The fraction of sp³-hybridized carbons (Fsp3) is 0.133. The smallest absolute Gasteiger partial charge is 0.295 e. The first kappa shape index (κ1) is 16.6. The first-order valence-electron chi connectivity index (χ1n) is 6.75. The fourth-order valence-corrected chi connectivity index (χ4v) is 2.11. The van der Waals surface area contributed by atoms with Crippen molar-refractivity contribution in [1.29, 1.82) is 0 Å². The fourth-order valence-electron chi connectivity index (χ4n) is 1.89. The van der Waals surface area contributed by atoms with Crippen LogP contribution >= 0.6 is 12.2 Å². The van der Waals surface area contributed by atoms with Gasteiger partial charge in [0.25, 0.3) is 5.69 Å². The van der Waals surface area contributed by atoms with Crippen LogP contribution in [0.4, 0.5) is 21.5 Å². The molecule has 0 saturated carbocycles. The first-order valence-corrected chi connectivity index (χ1v) is 7.16. The van der Waals surface area contributed by atoms with E-state index in [2.05, 4.69) is 10.6 Å². The van der Waals surface area contributed by atoms with Crippen LogP contribution in [0.15, 0.2) is 42.5 Å². The van der Waals surface area contributed by atoms with Gasteiger partial charge in [0.15, 0.2) is 5.11 Å². The van der Waals surface area contributed by atoms with E-state index in [1.54, 1.807) is 18.2 Å². The molecular formula is C15H14FN3O3S. The summed E-state index contributed by atoms with van der Waals surface area (Å²) in [5.41, 5.74) is 0.326. The minimum Gasteiger partial charge on any atom is -0.492 e. The zero-order valence-electron chi connectivity index (χ0n) is 12.2. The van der Waals surface area contributed by atoms with Crippen molar-refractivity contribution in [3.8, 4) is 5.75 Å². The largest absolute Gasteiger partial charge is 0.492 e. The van der Waals surface area contributed by atoms with Gasteiger partial charge >= 0.3 is 0 Å². The molecule has 0 saturated heterocycles. The second-order valence-corrected chi connectivity index (χ2v) is 4.84. The summed E-state index contributed by atoms with van der Waals surface area (Å²) < 4.78 is 18.6. The van der Waals surface area contributed by atoms with E-state index in [-0.39, 0.29) is 10.8 Å². The third kappa shape index (κ3) is 4.36. The van der Waals surface area contributed by atoms with Crippen molar-refractivity contribution in [2.45, 2.75) is 6.92 Å². The third-order valence-corrected chi connectivity index (χ3v) is 3.04. The van der Waals surface area contributed by atoms with Crippen molar-refractivity contribution >= 4 is 34.4 Å². The maximum Gasteiger partial charge on any atom is 0.295 e. The number of hydrogen-bond donors (Lipinski definition) is 2. The van der Waals surface area contributed by atoms with Crippen LogP contribution in [-0.4, -0.2) is 16.6 Å². The average molecular weight is 335 g/mol. The van der Waals surface area contributed by atoms with Crippen molar-refractivity contribution < 1.29 is 14.1 Å². The van der Waals surface area contributed by atoms with E-state index >= 15 is 0 Å². The molecule has 6 nitrogen and oxygen atoms in total. The molecule has 0 aliphatic heterocycles. The number of nitro groups is 1. The minimum atomic E-state index is -0.692. The summed E-state index contributed by atoms with van der Waals surface area (Å²) >= 11 is 5.15. The molecule has 0 unspecified atom stereocenters. The molecule has 0 aliphatic rings. The molecule has 23 heavy (non-hydrogen) atoms. The second kappa shape index (κ2) is 7.50. The predicted octanol–water partition coefficient (Wildman–Crippen LogP) is 3.94. The van der Waals surface area contributed by atoms with Gasteiger partial charge in [0.1, 0.15) is 17.3 Å². The number of nitrogens with one attached hydrogen (secondary N) is 2. The second-order valence-electron chi connectivity index (χ2n) is 4.43. The molecule has 2 aromatic carbocycles. The van der Waals surface area contributed by atoms with Crippen LogP contribution in [0.25, 0.3) is 0 Å². The van der Waals surface area contributed by atoms with Crippen LogP contribution in [0.3, 0.4) is 0 Å². The Kier molecular flexibility index (Phi) is 5.42. The average Bonchev–Trinajstić information content (AvgIpc) is 2.51. The van der Waals surface area contributed by atoms with E-state index in [9.17, 15) is 14.5 Å². The highest BCUT2D eigenvalue weighted by molar-refractivity contribution is 7.80. The lowest BCUT2D eigenvalue weighted by Gasteiger charge is -2.14. The van der Waals surface area contributed by atoms with Gasteiger partial charge < -0.3 is 15.4 Å². The normalized spacial score (nSPS) is 10.0. The van der Waals surface area contributed by atoms with Crippen LogP contribution in [-0.2, 0) is 0 Å². The molecule has 2 N–H and O–H groups in total. The van der Waals surface area contributed by atoms with Gasteiger partial charge in [0.2, 0.25) is 0 Å². The topological polar surface area (TPSA) is 76.4 Å². The van der Waals surface area contributed by atoms with E-state index in [0.717, 1.165) is 12.1 Å². The molecule has 0 heterocycles. The molecule has 0 radical (unpaired) electrons. The Hall–Kier alpha value is -2.74. The summed E-state index contributed by atoms with van der Waals surface area (Å²) in [4.78, 5) is 10.3. The molecular weight excluding hydrogens is 321 g/mol. The molecule has 120 valence electrons. The molecule has 8 heteroatoms. The van der Waals surface area contributed by atoms with E-state index in [4.69, 9.17) is 17.0 Å². The molecule has 2 aromatic rings. The first-order chi connectivity index (χ1) is 11.0. The third-order valence-electron chi connectivity index (χ3n) is 2.84. The highest BCUT2D eigenvalue weighted by Crippen LogP contribution is 2.27. The van der Waals surface area contributed by atoms with Crippen molar-refractivity contribution in [2.75, 3.05) is 17.2 Å². The summed E-state index contributed by atoms with van der Waals surface area (Å²) in [7, 11) is 0. The Labute approximate surface area is 137 Å². The quantitative estimate of drug-likeness (QED) is 0.490. The molecule has 0 atom stereocenters. The Morgan fingerprint density at radius 2 is 1.96 bits per heavy atom. The van der Waals surface area contributed by atoms with E-state index in [1.807, 2.05) is 13.0 Å². The maximum atomic E-state index is 13.1. The lowest BCUT2D eigenvalue weighted by atomic mass is 10.2. The predicted molar refractivity (Wildman–Crippen MR) is 90.5 cm³/mol. The lowest BCUT2D eigenvalue weighted by Crippen LogP contribution is -2.20. The summed E-state index contributed by atoms with van der Waals surface area (Å²) in [6.45, 7) is 2.34. The van der Waals surface area contributed by atoms with Gasteiger partial charge in [-0.25, -0.2) is 4.39 Å². The summed E-state index contributed by atoms with van der Waals surface area (Å²) in [6.07, 6.45) is 0. The summed E-state index contributed by atoms with van der Waals surface area (Å²) in [6, 6.07) is 10.4. The molecule has 0 aliphatic carbocycles. The van der Waals surface area contributed by atoms with E-state index in [1.165, 1.54) is 6.07 Å². The number of nitro benzene ring substituents is 1. The minimum absolute atomic E-state index is 0.0998. The lowest BCUT2D eigenvalue weighted by molar-refractivity contribution is -0.384. The molecule has 0 amide bonds. The monoisotopic (exact) mass is 335 g/mol. The summed E-state index contributed by atoms with van der Waals surface area (Å²) in [5, 5.41) is 16.7. The van der Waals surface area contributed by atoms with Gasteiger partial charge in [-0.3, -0.25) is 10.1 Å². The highest BCUT2D eigenvalue weighted by Gasteiger charge is 2.16. The van der Waals surface area contributed by atoms with Crippen LogP contribution in [0.5, 0.6) is 5.75 Å². The zero-order chi connectivity index (χ0) is 16.8. The number of anilines is 2. The zero-order valence-corrected chi connectivity index (χ0v) is 13.0. The maximum absolute atomic E-state index is 13.1. The van der Waals surface area contributed by atoms with E-state index < -0.39 is 16.4 Å². The standard InChI is InChI=1S/C15H14FN3O3S/c1-2-22-14-6-4-3-5-12(14)18-15(23)17-11-8-7-10(16)9-13(11)19(20)21/h3-9H,2H2,1H3,(H2,17,18,23). The number of ether oxygens (including phenoxy) is 1. The van der Waals surface area contributed by atoms with Gasteiger partial charge in [0.05, 0.1) is 23.3 Å². The number of rotatable bonds is 5. The van der Waals surface area contributed by atoms with E-state index in [0.29, 0.717) is 18.0 Å². The molecule has 0 bridgehead atoms. The number of para-hydroxylation sites is 2. The van der Waals surface area contributed by atoms with Crippen LogP contribution < -0.4 is 15.4 Å². The van der Waals surface area contributed by atoms with Gasteiger partial charge in [-0.15, -0.1) is 0 Å². The highest BCUT2D eigenvalue weighted by atomic mass is 32.1. The van der Waals surface area contributed by atoms with Gasteiger partial charge in [-0.1, -0.05) is 12.1 Å². The Balaban J connectivity index is 2.16. The SMILES string of the molecule is CCOc1ccccc1NC(=S)Nc1ccc(F)cc1[N+](=O)[O-]. The molecule has 0 spiro atoms. The van der Waals surface area contributed by atoms with Gasteiger partial charge in [-0.05, 0) is 43.4 Å². The number of halogens is 1. The Morgan fingerprint density at radius 3 is 2.65 bits per heavy atom. The number of thiocarbonyl (C=S) groups is 1. The number of hydrogen-bond acceptors (Lipinski definition) is 4. The van der Waals surface area contributed by atoms with Crippen LogP contribution in [0.1, 0.15) is 6.92 Å². The van der Waals surface area contributed by atoms with Crippen LogP contribution in [0.2, 0.25) is 0 Å². The van der Waals surface area contributed by atoms with Crippen molar-refractivity contribution in [2.24, 2.45) is 0 Å². The van der Waals surface area contributed by atoms with Gasteiger partial charge in [0, 0.05) is 0 Å². The molecule has 2 rings (SSSR count). The van der Waals surface area contributed by atoms with Crippen LogP contribution in [0, 0.1) is 15.9 Å². The number of nitrogens with zero attached hydrogens (tertiary/aromatic N) is 1. The number of benzene rings is 2. The molecule has 0 aromatic heterocycles. The molecule has 0 fully saturated rings. The Morgan fingerprint density at radius 1 is 1.26 bits per heavy atom. The Bertz CT molecular complexity index is 740. The summed E-state index contributed by atoms with van der Waals surface area (Å²) in [5.74, 6) is -0.0874. The van der Waals surface area contributed by atoms with Crippen molar-refractivity contribution in [1.82, 2.24) is 0 Å². The van der Waals surface area contributed by atoms with Gasteiger partial charge in [-0.2, -0.15) is 0 Å². The van der Waals surface area contributed by atoms with Crippen molar-refractivity contribution in [3.63, 3.8) is 0 Å². The van der Waals surface area contributed by atoms with Crippen molar-refractivity contribution in [3.05, 3.63) is 58.4 Å².